The Balaban J connectivity index is 0.869. The molecule has 7 rings (SSSR count). The molecule has 1 atom stereocenters. The van der Waals surface area contributed by atoms with Gasteiger partial charge < -0.3 is 14.7 Å². The minimum Gasteiger partial charge on any atom is -0.508 e. The molecule has 2 saturated heterocycles. The molecule has 10 nitrogen and oxygen atoms in total. The second kappa shape index (κ2) is 16.5. The quantitative estimate of drug-likeness (QED) is 0.0907. The van der Waals surface area contributed by atoms with Gasteiger partial charge in [-0.15, -0.1) is 0 Å². The molecule has 3 heterocycles. The molecule has 54 heavy (non-hydrogen) atoms. The number of benzene rings is 4. The fourth-order valence-electron chi connectivity index (χ4n) is 7.72. The Kier molecular flexibility index (Phi) is 11.2. The summed E-state index contributed by atoms with van der Waals surface area (Å²) in [6, 6.07) is 30.8. The molecule has 10 heteroatoms. The van der Waals surface area contributed by atoms with Crippen LogP contribution in [-0.4, -0.2) is 83.9 Å². The number of amides is 4. The van der Waals surface area contributed by atoms with Crippen LogP contribution >= 0.6 is 0 Å². The Morgan fingerprint density at radius 2 is 1.44 bits per heavy atom. The number of phenols is 1. The highest BCUT2D eigenvalue weighted by atomic mass is 16.5. The number of aromatic hydroxyl groups is 1. The lowest BCUT2D eigenvalue weighted by Gasteiger charge is -2.36. The lowest BCUT2D eigenvalue weighted by atomic mass is 9.88. The zero-order valence-electron chi connectivity index (χ0n) is 30.6. The molecule has 0 bridgehead atoms. The third kappa shape index (κ3) is 7.94. The molecule has 0 aromatic heterocycles. The number of hydrogen-bond acceptors (Lipinski definition) is 8. The first kappa shape index (κ1) is 36.6. The third-order valence-electron chi connectivity index (χ3n) is 10.6. The van der Waals surface area contributed by atoms with Gasteiger partial charge in [-0.3, -0.25) is 34.3 Å². The average Bonchev–Trinajstić information content (AvgIpc) is 3.44. The third-order valence-corrected chi connectivity index (χ3v) is 10.6. The number of imide groups is 2. The van der Waals surface area contributed by atoms with E-state index in [0.717, 1.165) is 74.4 Å². The van der Waals surface area contributed by atoms with Crippen LogP contribution in [0.5, 0.6) is 11.5 Å². The summed E-state index contributed by atoms with van der Waals surface area (Å²) in [4.78, 5) is 55.8. The van der Waals surface area contributed by atoms with E-state index in [1.54, 1.807) is 30.3 Å². The Labute approximate surface area is 316 Å². The molecular formula is C44H46N4O6. The van der Waals surface area contributed by atoms with E-state index in [-0.39, 0.29) is 29.7 Å². The zero-order valence-corrected chi connectivity index (χ0v) is 30.6. The number of piperidine rings is 1. The van der Waals surface area contributed by atoms with E-state index in [4.69, 9.17) is 4.74 Å². The summed E-state index contributed by atoms with van der Waals surface area (Å²) in [7, 11) is 0. The van der Waals surface area contributed by atoms with Gasteiger partial charge in [0.2, 0.25) is 11.8 Å². The van der Waals surface area contributed by atoms with Gasteiger partial charge >= 0.3 is 0 Å². The fraction of sp³-hybridized carbons (Fsp3) is 0.318. The fourth-order valence-corrected chi connectivity index (χ4v) is 7.72. The summed E-state index contributed by atoms with van der Waals surface area (Å²) in [5.74, 6) is -1.30. The standard InChI is InChI=1S/C44H46N4O6/c1-2-36(30-9-5-3-6-10-30)41(32-13-17-34(49)18-14-32)31-11-15-33(16-12-31)47-26-24-46(25-27-47)23-7-4-8-28-54-35-19-20-37-38(29-35)44(53)48(43(37)52)39-21-22-40(50)45-42(39)51/h3,5-6,9-20,29,39,49H,2,4,7-8,21-28H2,1H3,(H,45,50,51). The van der Waals surface area contributed by atoms with Gasteiger partial charge in [-0.25, -0.2) is 0 Å². The number of rotatable bonds is 13. The van der Waals surface area contributed by atoms with Crippen molar-refractivity contribution in [3.63, 3.8) is 0 Å². The first-order chi connectivity index (χ1) is 26.3. The Bertz CT molecular complexity index is 2040. The number of fused-ring (bicyclic) bond motifs is 1. The van der Waals surface area contributed by atoms with E-state index >= 15 is 0 Å². The van der Waals surface area contributed by atoms with Crippen molar-refractivity contribution in [1.82, 2.24) is 15.1 Å². The lowest BCUT2D eigenvalue weighted by Crippen LogP contribution is -2.54. The van der Waals surface area contributed by atoms with E-state index in [1.165, 1.54) is 22.4 Å². The van der Waals surface area contributed by atoms with Crippen molar-refractivity contribution >= 4 is 40.5 Å². The van der Waals surface area contributed by atoms with Gasteiger partial charge in [-0.05, 0) is 109 Å². The van der Waals surface area contributed by atoms with Crippen molar-refractivity contribution in [2.45, 2.75) is 51.5 Å². The molecule has 0 saturated carbocycles. The highest BCUT2D eigenvalue weighted by Gasteiger charge is 2.44. The number of ether oxygens (including phenoxy) is 1. The number of anilines is 1. The summed E-state index contributed by atoms with van der Waals surface area (Å²) >= 11 is 0. The van der Waals surface area contributed by atoms with Gasteiger partial charge in [0, 0.05) is 38.3 Å². The molecule has 2 fully saturated rings. The molecule has 278 valence electrons. The van der Waals surface area contributed by atoms with Crippen molar-refractivity contribution in [1.29, 1.82) is 0 Å². The predicted octanol–water partition coefficient (Wildman–Crippen LogP) is 6.53. The van der Waals surface area contributed by atoms with Crippen LogP contribution < -0.4 is 15.0 Å². The van der Waals surface area contributed by atoms with Gasteiger partial charge in [-0.2, -0.15) is 0 Å². The second-order valence-corrected chi connectivity index (χ2v) is 14.1. The van der Waals surface area contributed by atoms with Crippen LogP contribution in [0.15, 0.2) is 97.1 Å². The van der Waals surface area contributed by atoms with Gasteiger partial charge in [0.05, 0.1) is 17.7 Å². The maximum atomic E-state index is 13.1. The van der Waals surface area contributed by atoms with Crippen LogP contribution in [0.2, 0.25) is 0 Å². The Morgan fingerprint density at radius 3 is 2.13 bits per heavy atom. The molecule has 1 unspecified atom stereocenters. The molecular weight excluding hydrogens is 681 g/mol. The van der Waals surface area contributed by atoms with E-state index in [2.05, 4.69) is 70.6 Å². The number of carbonyl (C=O) groups excluding carboxylic acids is 4. The highest BCUT2D eigenvalue weighted by Crippen LogP contribution is 2.36. The molecule has 3 aliphatic heterocycles. The number of carbonyl (C=O) groups is 4. The van der Waals surface area contributed by atoms with Gasteiger partial charge in [-0.1, -0.05) is 61.5 Å². The van der Waals surface area contributed by atoms with Crippen LogP contribution in [0.1, 0.15) is 82.9 Å². The predicted molar refractivity (Wildman–Crippen MR) is 208 cm³/mol. The Morgan fingerprint density at radius 1 is 0.759 bits per heavy atom. The number of piperazine rings is 1. The molecule has 4 aromatic carbocycles. The van der Waals surface area contributed by atoms with E-state index in [9.17, 15) is 24.3 Å². The molecule has 0 aliphatic carbocycles. The van der Waals surface area contributed by atoms with Crippen molar-refractivity contribution in [3.05, 3.63) is 125 Å². The van der Waals surface area contributed by atoms with Gasteiger partial charge in [0.1, 0.15) is 17.5 Å². The largest absolute Gasteiger partial charge is 0.508 e. The summed E-state index contributed by atoms with van der Waals surface area (Å²) in [5, 5.41) is 12.2. The van der Waals surface area contributed by atoms with Gasteiger partial charge in [0.15, 0.2) is 0 Å². The van der Waals surface area contributed by atoms with Crippen LogP contribution in [0.4, 0.5) is 5.69 Å². The minimum absolute atomic E-state index is 0.0855. The first-order valence-corrected chi connectivity index (χ1v) is 18.9. The number of phenolic OH excluding ortho intramolecular Hbond substituents is 1. The summed E-state index contributed by atoms with van der Waals surface area (Å²) in [6.07, 6.45) is 4.02. The van der Waals surface area contributed by atoms with Crippen LogP contribution in [0.3, 0.4) is 0 Å². The topological polar surface area (TPSA) is 119 Å². The van der Waals surface area contributed by atoms with Crippen LogP contribution in [0.25, 0.3) is 11.1 Å². The highest BCUT2D eigenvalue weighted by molar-refractivity contribution is 6.23. The average molecular weight is 727 g/mol. The Hall–Kier alpha value is -5.74. The number of hydrogen-bond donors (Lipinski definition) is 2. The molecule has 0 radical (unpaired) electrons. The van der Waals surface area contributed by atoms with E-state index in [0.29, 0.717) is 12.4 Å². The number of allylic oxidation sites excluding steroid dienone is 1. The molecule has 3 aliphatic rings. The van der Waals surface area contributed by atoms with Crippen molar-refractivity contribution in [2.75, 3.05) is 44.2 Å². The maximum Gasteiger partial charge on any atom is 0.262 e. The smallest absolute Gasteiger partial charge is 0.262 e. The normalized spacial score (nSPS) is 18.1. The molecule has 4 amide bonds. The zero-order chi connectivity index (χ0) is 37.6. The molecule has 0 spiro atoms. The van der Waals surface area contributed by atoms with Crippen LogP contribution in [0, 0.1) is 0 Å². The molecule has 2 N–H and O–H groups in total. The lowest BCUT2D eigenvalue weighted by molar-refractivity contribution is -0.136. The van der Waals surface area contributed by atoms with Crippen molar-refractivity contribution < 1.29 is 29.0 Å². The summed E-state index contributed by atoms with van der Waals surface area (Å²) in [6.45, 7) is 7.65. The number of unbranched alkanes of at least 4 members (excludes halogenated alkanes) is 2. The number of nitrogens with zero attached hydrogens (tertiary/aromatic N) is 3. The van der Waals surface area contributed by atoms with Gasteiger partial charge in [0.25, 0.3) is 11.8 Å². The molecule has 4 aromatic rings. The van der Waals surface area contributed by atoms with Crippen molar-refractivity contribution in [3.8, 4) is 11.5 Å². The first-order valence-electron chi connectivity index (χ1n) is 18.9. The summed E-state index contributed by atoms with van der Waals surface area (Å²) < 4.78 is 5.94. The monoisotopic (exact) mass is 726 g/mol. The van der Waals surface area contributed by atoms with E-state index < -0.39 is 29.7 Å². The maximum absolute atomic E-state index is 13.1. The minimum atomic E-state index is -0.983. The second-order valence-electron chi connectivity index (χ2n) is 14.1. The van der Waals surface area contributed by atoms with Crippen molar-refractivity contribution in [2.24, 2.45) is 0 Å². The SMILES string of the molecule is CCC(=C(c1ccc(O)cc1)c1ccc(N2CCN(CCCCCOc3ccc4c(c3)C(=O)N(C3CCC(=O)NC3=O)C4=O)CC2)cc1)c1ccccc1. The van der Waals surface area contributed by atoms with Crippen LogP contribution in [-0.2, 0) is 9.59 Å². The van der Waals surface area contributed by atoms with E-state index in [1.807, 2.05) is 18.2 Å². The number of nitrogens with one attached hydrogen (secondary N) is 1. The summed E-state index contributed by atoms with van der Waals surface area (Å²) in [5.41, 5.74) is 7.59.